The van der Waals surface area contributed by atoms with Crippen LogP contribution in [-0.4, -0.2) is 45.7 Å². The van der Waals surface area contributed by atoms with Crippen LogP contribution in [0.5, 0.6) is 0 Å². The van der Waals surface area contributed by atoms with Crippen molar-refractivity contribution < 1.29 is 26.1 Å². The lowest BCUT2D eigenvalue weighted by molar-refractivity contribution is -0.136. The third kappa shape index (κ3) is 3.58. The second-order valence-corrected chi connectivity index (χ2v) is 9.23. The minimum absolute atomic E-state index is 0.00639. The number of rotatable bonds is 4. The van der Waals surface area contributed by atoms with E-state index in [2.05, 4.69) is 15.2 Å². The van der Waals surface area contributed by atoms with Crippen LogP contribution in [0.1, 0.15) is 42.6 Å². The summed E-state index contributed by atoms with van der Waals surface area (Å²) in [5.74, 6) is -0.540. The Morgan fingerprint density at radius 1 is 1.33 bits per heavy atom. The van der Waals surface area contributed by atoms with E-state index in [-0.39, 0.29) is 40.5 Å². The van der Waals surface area contributed by atoms with Gasteiger partial charge in [0.2, 0.25) is 10.0 Å². The standard InChI is InChI=1S/C18H20F3N5O3S/c1-3-25-10-13(8-22-25)30(27,28)26-6-4-5-12(9-26)16-15-14(18(19,20)21)7-11(2)23-17(15)29-24-16/h7-8,10,12H,3-6,9H2,1-2H3. The molecule has 0 aromatic carbocycles. The Morgan fingerprint density at radius 3 is 2.77 bits per heavy atom. The molecule has 1 saturated heterocycles. The van der Waals surface area contributed by atoms with E-state index in [1.165, 1.54) is 28.3 Å². The molecule has 30 heavy (non-hydrogen) atoms. The van der Waals surface area contributed by atoms with Gasteiger partial charge in [-0.1, -0.05) is 5.16 Å². The lowest BCUT2D eigenvalue weighted by Gasteiger charge is -2.30. The van der Waals surface area contributed by atoms with Crippen molar-refractivity contribution in [3.8, 4) is 0 Å². The summed E-state index contributed by atoms with van der Waals surface area (Å²) < 4.78 is 74.8. The maximum absolute atomic E-state index is 13.6. The highest BCUT2D eigenvalue weighted by atomic mass is 32.2. The summed E-state index contributed by atoms with van der Waals surface area (Å²) in [6.07, 6.45) is -0.906. The first-order valence-corrected chi connectivity index (χ1v) is 10.9. The van der Waals surface area contributed by atoms with Gasteiger partial charge in [0, 0.05) is 37.4 Å². The van der Waals surface area contributed by atoms with Crippen molar-refractivity contribution in [2.75, 3.05) is 13.1 Å². The molecule has 1 unspecified atom stereocenters. The molecule has 4 rings (SSSR count). The van der Waals surface area contributed by atoms with Gasteiger partial charge in [-0.2, -0.15) is 22.6 Å². The van der Waals surface area contributed by atoms with E-state index in [9.17, 15) is 21.6 Å². The van der Waals surface area contributed by atoms with Crippen LogP contribution in [0.4, 0.5) is 13.2 Å². The SMILES string of the molecule is CCn1cc(S(=O)(=O)N2CCCC(c3noc4nc(C)cc(C(F)(F)F)c34)C2)cn1. The lowest BCUT2D eigenvalue weighted by atomic mass is 9.93. The Balaban J connectivity index is 1.71. The highest BCUT2D eigenvalue weighted by Gasteiger charge is 2.39. The molecular formula is C18H20F3N5O3S. The smallest absolute Gasteiger partial charge is 0.336 e. The van der Waals surface area contributed by atoms with Crippen LogP contribution in [0.15, 0.2) is 27.9 Å². The number of aryl methyl sites for hydroxylation is 2. The van der Waals surface area contributed by atoms with Gasteiger partial charge in [-0.25, -0.2) is 13.4 Å². The number of halogens is 3. The van der Waals surface area contributed by atoms with Crippen LogP contribution in [-0.2, 0) is 22.7 Å². The maximum Gasteiger partial charge on any atom is 0.417 e. The number of alkyl halides is 3. The highest BCUT2D eigenvalue weighted by Crippen LogP contribution is 2.40. The number of aromatic nitrogens is 4. The second kappa shape index (κ2) is 7.34. The predicted molar refractivity (Wildman–Crippen MR) is 100 cm³/mol. The number of nitrogens with zero attached hydrogens (tertiary/aromatic N) is 5. The minimum Gasteiger partial charge on any atom is -0.336 e. The molecule has 0 saturated carbocycles. The van der Waals surface area contributed by atoms with Gasteiger partial charge in [-0.3, -0.25) is 4.68 Å². The van der Waals surface area contributed by atoms with Crippen molar-refractivity contribution in [2.45, 2.75) is 50.2 Å². The second-order valence-electron chi connectivity index (χ2n) is 7.29. The molecule has 0 aliphatic carbocycles. The molecule has 1 aliphatic rings. The van der Waals surface area contributed by atoms with Gasteiger partial charge in [-0.15, -0.1) is 0 Å². The normalized spacial score (nSPS) is 18.9. The van der Waals surface area contributed by atoms with Gasteiger partial charge in [-0.05, 0) is 32.8 Å². The monoisotopic (exact) mass is 443 g/mol. The zero-order valence-corrected chi connectivity index (χ0v) is 17.2. The molecule has 0 amide bonds. The number of hydrogen-bond acceptors (Lipinski definition) is 6. The molecule has 1 aliphatic heterocycles. The Labute approximate surface area is 170 Å². The van der Waals surface area contributed by atoms with Crippen LogP contribution in [0.3, 0.4) is 0 Å². The fourth-order valence-electron chi connectivity index (χ4n) is 3.78. The first kappa shape index (κ1) is 20.8. The molecule has 0 bridgehead atoms. The summed E-state index contributed by atoms with van der Waals surface area (Å²) in [7, 11) is -3.82. The molecule has 3 aromatic heterocycles. The van der Waals surface area contributed by atoms with Gasteiger partial charge in [0.05, 0.1) is 22.8 Å². The van der Waals surface area contributed by atoms with E-state index in [1.54, 1.807) is 0 Å². The minimum atomic E-state index is -4.61. The zero-order chi connectivity index (χ0) is 21.7. The largest absolute Gasteiger partial charge is 0.417 e. The van der Waals surface area contributed by atoms with E-state index >= 15 is 0 Å². The average Bonchev–Trinajstić information content (AvgIpc) is 3.34. The van der Waals surface area contributed by atoms with Crippen molar-refractivity contribution in [2.24, 2.45) is 0 Å². The maximum atomic E-state index is 13.6. The van der Waals surface area contributed by atoms with Crippen LogP contribution < -0.4 is 0 Å². The van der Waals surface area contributed by atoms with E-state index in [4.69, 9.17) is 4.52 Å². The molecule has 162 valence electrons. The molecule has 1 fully saturated rings. The van der Waals surface area contributed by atoms with Crippen molar-refractivity contribution in [3.05, 3.63) is 35.4 Å². The molecule has 4 heterocycles. The van der Waals surface area contributed by atoms with Crippen LogP contribution >= 0.6 is 0 Å². The van der Waals surface area contributed by atoms with Crippen molar-refractivity contribution in [1.29, 1.82) is 0 Å². The molecule has 12 heteroatoms. The first-order chi connectivity index (χ1) is 14.1. The summed E-state index contributed by atoms with van der Waals surface area (Å²) in [4.78, 5) is 4.08. The third-order valence-corrected chi connectivity index (χ3v) is 7.07. The Hall–Kier alpha value is -2.47. The first-order valence-electron chi connectivity index (χ1n) is 9.48. The summed E-state index contributed by atoms with van der Waals surface area (Å²) >= 11 is 0. The lowest BCUT2D eigenvalue weighted by Crippen LogP contribution is -2.39. The van der Waals surface area contributed by atoms with E-state index < -0.39 is 27.7 Å². The molecule has 0 spiro atoms. The van der Waals surface area contributed by atoms with Gasteiger partial charge in [0.1, 0.15) is 4.90 Å². The molecule has 0 radical (unpaired) electrons. The van der Waals surface area contributed by atoms with Crippen LogP contribution in [0, 0.1) is 6.92 Å². The topological polar surface area (TPSA) is 94.1 Å². The summed E-state index contributed by atoms with van der Waals surface area (Å²) in [5.41, 5.74) is -0.806. The van der Waals surface area contributed by atoms with Crippen molar-refractivity contribution >= 4 is 21.1 Å². The molecule has 8 nitrogen and oxygen atoms in total. The Morgan fingerprint density at radius 2 is 2.10 bits per heavy atom. The molecule has 0 N–H and O–H groups in total. The molecule has 3 aromatic rings. The van der Waals surface area contributed by atoms with Crippen molar-refractivity contribution in [1.82, 2.24) is 24.2 Å². The van der Waals surface area contributed by atoms with Gasteiger partial charge < -0.3 is 4.52 Å². The molecular weight excluding hydrogens is 423 g/mol. The number of fused-ring (bicyclic) bond motifs is 1. The van der Waals surface area contributed by atoms with E-state index in [1.807, 2.05) is 6.92 Å². The van der Waals surface area contributed by atoms with Crippen LogP contribution in [0.25, 0.3) is 11.1 Å². The zero-order valence-electron chi connectivity index (χ0n) is 16.3. The predicted octanol–water partition coefficient (Wildman–Crippen LogP) is 3.33. The highest BCUT2D eigenvalue weighted by molar-refractivity contribution is 7.89. The fraction of sp³-hybridized carbons (Fsp3) is 0.500. The average molecular weight is 443 g/mol. The number of pyridine rings is 1. The number of hydrogen-bond donors (Lipinski definition) is 0. The van der Waals surface area contributed by atoms with E-state index in [0.717, 1.165) is 6.07 Å². The number of sulfonamides is 1. The van der Waals surface area contributed by atoms with Crippen molar-refractivity contribution in [3.63, 3.8) is 0 Å². The number of piperidine rings is 1. The van der Waals surface area contributed by atoms with Gasteiger partial charge in [0.25, 0.3) is 5.71 Å². The summed E-state index contributed by atoms with van der Waals surface area (Å²) in [6, 6.07) is 0.958. The fourth-order valence-corrected chi connectivity index (χ4v) is 5.26. The van der Waals surface area contributed by atoms with Crippen LogP contribution in [0.2, 0.25) is 0 Å². The van der Waals surface area contributed by atoms with Gasteiger partial charge in [0.15, 0.2) is 0 Å². The summed E-state index contributed by atoms with van der Waals surface area (Å²) in [6.45, 7) is 4.09. The quantitative estimate of drug-likeness (QED) is 0.614. The Kier molecular flexibility index (Phi) is 5.09. The molecule has 1 atom stereocenters. The summed E-state index contributed by atoms with van der Waals surface area (Å²) in [5, 5.41) is 7.67. The van der Waals surface area contributed by atoms with E-state index in [0.29, 0.717) is 19.4 Å². The third-order valence-electron chi connectivity index (χ3n) is 5.25. The Bertz CT molecular complexity index is 1190. The van der Waals surface area contributed by atoms with Gasteiger partial charge >= 0.3 is 6.18 Å².